The first-order valence-electron chi connectivity index (χ1n) is 9.48. The second-order valence-corrected chi connectivity index (χ2v) is 19.4. The van der Waals surface area contributed by atoms with Crippen molar-refractivity contribution in [2.75, 3.05) is 6.61 Å². The highest BCUT2D eigenvalue weighted by Gasteiger charge is 2.43. The molecule has 0 amide bonds. The summed E-state index contributed by atoms with van der Waals surface area (Å²) in [6, 6.07) is 0. The smallest absolute Gasteiger partial charge is 0.308 e. The van der Waals surface area contributed by atoms with E-state index in [1.165, 1.54) is 0 Å². The van der Waals surface area contributed by atoms with Crippen molar-refractivity contribution < 1.29 is 23.2 Å². The molecule has 0 unspecified atom stereocenters. The highest BCUT2D eigenvalue weighted by molar-refractivity contribution is 6.75. The Morgan fingerprint density at radius 3 is 1.62 bits per heavy atom. The van der Waals surface area contributed by atoms with Crippen molar-refractivity contribution in [2.24, 2.45) is 0 Å². The third-order valence-corrected chi connectivity index (χ3v) is 14.4. The number of hydrogen-bond donors (Lipinski definition) is 0. The lowest BCUT2D eigenvalue weighted by Crippen LogP contribution is -2.46. The predicted octanol–water partition coefficient (Wildman–Crippen LogP) is 5.27. The van der Waals surface area contributed by atoms with Gasteiger partial charge in [-0.15, -0.1) is 0 Å². The van der Waals surface area contributed by atoms with Crippen LogP contribution in [0, 0.1) is 0 Å². The van der Waals surface area contributed by atoms with Gasteiger partial charge in [0.15, 0.2) is 8.32 Å². The molecular weight excluding hydrogens is 364 g/mol. The van der Waals surface area contributed by atoms with Crippen molar-refractivity contribution in [3.05, 3.63) is 0 Å². The van der Waals surface area contributed by atoms with Crippen molar-refractivity contribution in [2.45, 2.75) is 104 Å². The maximum absolute atomic E-state index is 12.6. The molecule has 0 saturated heterocycles. The fourth-order valence-electron chi connectivity index (χ4n) is 1.82. The minimum Gasteiger partial charge on any atom is -0.519 e. The van der Waals surface area contributed by atoms with Gasteiger partial charge in [0.25, 0.3) is 14.3 Å². The first kappa shape index (κ1) is 25.3. The largest absolute Gasteiger partial charge is 0.519 e. The van der Waals surface area contributed by atoms with E-state index in [-0.39, 0.29) is 34.9 Å². The number of carbonyl (C=O) groups is 2. The van der Waals surface area contributed by atoms with Crippen LogP contribution in [0.3, 0.4) is 0 Å². The van der Waals surface area contributed by atoms with Crippen LogP contribution in [0.4, 0.5) is 0 Å². The molecule has 0 heterocycles. The molecule has 154 valence electrons. The summed E-state index contributed by atoms with van der Waals surface area (Å²) < 4.78 is 17.3. The molecule has 0 aromatic carbocycles. The maximum Gasteiger partial charge on any atom is 0.308 e. The summed E-state index contributed by atoms with van der Waals surface area (Å²) in [6.45, 7) is 23.1. The summed E-state index contributed by atoms with van der Waals surface area (Å²) in [6.07, 6.45) is -0.350. The van der Waals surface area contributed by atoms with Gasteiger partial charge in [-0.3, -0.25) is 9.59 Å². The molecule has 0 radical (unpaired) electrons. The van der Waals surface area contributed by atoms with E-state index in [0.29, 0.717) is 6.61 Å². The van der Waals surface area contributed by atoms with Crippen molar-refractivity contribution in [3.63, 3.8) is 0 Å². The van der Waals surface area contributed by atoms with Crippen LogP contribution in [0.5, 0.6) is 0 Å². The lowest BCUT2D eigenvalue weighted by molar-refractivity contribution is -0.146. The van der Waals surface area contributed by atoms with Gasteiger partial charge < -0.3 is 13.6 Å². The quantitative estimate of drug-likeness (QED) is 0.407. The van der Waals surface area contributed by atoms with Gasteiger partial charge in [-0.25, -0.2) is 0 Å². The third-order valence-electron chi connectivity index (χ3n) is 5.54. The highest BCUT2D eigenvalue weighted by atomic mass is 28.4. The van der Waals surface area contributed by atoms with Crippen LogP contribution in [0.1, 0.15) is 61.3 Å². The standard InChI is InChI=1S/C19H40O5Si2/c1-12-22-16(20)13-15(23-25(8,9)18(2,3)4)14-17(21)24-26(10,11)19(5,6)7/h15H,12-14H2,1-11H3/t15-/m1/s1. The number of ether oxygens (including phenoxy) is 1. The Morgan fingerprint density at radius 2 is 1.23 bits per heavy atom. The van der Waals surface area contributed by atoms with Gasteiger partial charge in [-0.1, -0.05) is 41.5 Å². The molecule has 0 aliphatic heterocycles. The molecule has 5 nitrogen and oxygen atoms in total. The summed E-state index contributed by atoms with van der Waals surface area (Å²) >= 11 is 0. The number of esters is 1. The normalized spacial score (nSPS) is 14.7. The number of hydrogen-bond acceptors (Lipinski definition) is 5. The molecule has 0 aliphatic carbocycles. The van der Waals surface area contributed by atoms with E-state index < -0.39 is 22.7 Å². The SMILES string of the molecule is CCOC(=O)C[C@H](CC(=O)O[Si](C)(C)C(C)(C)C)O[Si](C)(C)C(C)(C)C. The zero-order chi connectivity index (χ0) is 21.0. The average Bonchev–Trinajstić information content (AvgIpc) is 2.34. The molecule has 0 aliphatic rings. The molecule has 0 aromatic heterocycles. The van der Waals surface area contributed by atoms with E-state index in [2.05, 4.69) is 54.6 Å². The van der Waals surface area contributed by atoms with E-state index in [0.717, 1.165) is 0 Å². The third kappa shape index (κ3) is 7.92. The van der Waals surface area contributed by atoms with Gasteiger partial charge in [0, 0.05) is 0 Å². The molecule has 7 heteroatoms. The fourth-order valence-corrected chi connectivity index (χ4v) is 4.13. The second kappa shape index (κ2) is 9.02. The van der Waals surface area contributed by atoms with Crippen molar-refractivity contribution in [3.8, 4) is 0 Å². The van der Waals surface area contributed by atoms with Crippen LogP contribution >= 0.6 is 0 Å². The van der Waals surface area contributed by atoms with Gasteiger partial charge >= 0.3 is 5.97 Å². The summed E-state index contributed by atoms with van der Waals surface area (Å²) in [5, 5.41) is -0.0666. The summed E-state index contributed by atoms with van der Waals surface area (Å²) in [5.41, 5.74) is 0. The Bertz CT molecular complexity index is 487. The van der Waals surface area contributed by atoms with Crippen molar-refractivity contribution >= 4 is 28.6 Å². The number of rotatable bonds is 8. The van der Waals surface area contributed by atoms with Crippen molar-refractivity contribution in [1.29, 1.82) is 0 Å². The molecule has 0 N–H and O–H groups in total. The second-order valence-electron chi connectivity index (χ2n) is 9.95. The van der Waals surface area contributed by atoms with Crippen LogP contribution in [-0.2, 0) is 23.2 Å². The highest BCUT2D eigenvalue weighted by Crippen LogP contribution is 2.39. The minimum absolute atomic E-state index is 0.0107. The van der Waals surface area contributed by atoms with Crippen LogP contribution in [-0.4, -0.2) is 41.3 Å². The van der Waals surface area contributed by atoms with Gasteiger partial charge in [0.05, 0.1) is 25.6 Å². The average molecular weight is 405 g/mol. The first-order valence-corrected chi connectivity index (χ1v) is 15.3. The molecule has 26 heavy (non-hydrogen) atoms. The Labute approximate surface area is 162 Å². The summed E-state index contributed by atoms with van der Waals surface area (Å²) in [4.78, 5) is 24.6. The van der Waals surface area contributed by atoms with E-state index in [4.69, 9.17) is 13.6 Å². The Kier molecular flexibility index (Phi) is 8.79. The molecule has 0 rings (SSSR count). The molecule has 0 fully saturated rings. The first-order chi connectivity index (χ1) is 11.4. The Hall–Kier alpha value is -0.666. The minimum atomic E-state index is -2.20. The zero-order valence-corrected chi connectivity index (χ0v) is 20.7. The van der Waals surface area contributed by atoms with E-state index >= 15 is 0 Å². The molecule has 0 spiro atoms. The van der Waals surface area contributed by atoms with E-state index in [9.17, 15) is 9.59 Å². The van der Waals surface area contributed by atoms with Gasteiger partial charge in [-0.2, -0.15) is 0 Å². The molecular formula is C19H40O5Si2. The summed E-state index contributed by atoms with van der Waals surface area (Å²) in [5.74, 6) is -0.624. The summed E-state index contributed by atoms with van der Waals surface area (Å²) in [7, 11) is -4.32. The van der Waals surface area contributed by atoms with Crippen LogP contribution < -0.4 is 0 Å². The van der Waals surface area contributed by atoms with Crippen molar-refractivity contribution in [1.82, 2.24) is 0 Å². The number of carbonyl (C=O) groups excluding carboxylic acids is 2. The Morgan fingerprint density at radius 1 is 0.808 bits per heavy atom. The molecule has 1 atom stereocenters. The predicted molar refractivity (Wildman–Crippen MR) is 111 cm³/mol. The van der Waals surface area contributed by atoms with Gasteiger partial charge in [-0.05, 0) is 43.2 Å². The molecule has 0 aromatic rings. The maximum atomic E-state index is 12.6. The van der Waals surface area contributed by atoms with Crippen LogP contribution in [0.15, 0.2) is 0 Å². The fraction of sp³-hybridized carbons (Fsp3) is 0.895. The Balaban J connectivity index is 5.24. The lowest BCUT2D eigenvalue weighted by atomic mass is 10.2. The van der Waals surface area contributed by atoms with Crippen LogP contribution in [0.25, 0.3) is 0 Å². The molecule has 0 saturated carbocycles. The molecule has 0 bridgehead atoms. The van der Waals surface area contributed by atoms with Gasteiger partial charge in [0.1, 0.15) is 0 Å². The topological polar surface area (TPSA) is 61.8 Å². The monoisotopic (exact) mass is 404 g/mol. The van der Waals surface area contributed by atoms with Gasteiger partial charge in [0.2, 0.25) is 0 Å². The van der Waals surface area contributed by atoms with E-state index in [1.54, 1.807) is 6.92 Å². The van der Waals surface area contributed by atoms with Crippen LogP contribution in [0.2, 0.25) is 36.3 Å². The lowest BCUT2D eigenvalue weighted by Gasteiger charge is -2.39. The van der Waals surface area contributed by atoms with E-state index in [1.807, 2.05) is 13.1 Å². The zero-order valence-electron chi connectivity index (χ0n) is 18.7.